The van der Waals surface area contributed by atoms with Gasteiger partial charge < -0.3 is 15.2 Å². The Bertz CT molecular complexity index is 700. The molecular formula is C19H23N3O2. The fourth-order valence-corrected chi connectivity index (χ4v) is 1.83. The number of nitrogens with one attached hydrogen (secondary N) is 1. The minimum atomic E-state index is -0.573. The van der Waals surface area contributed by atoms with Crippen LogP contribution in [0.15, 0.2) is 42.7 Å². The molecule has 0 bridgehead atoms. The molecule has 1 heterocycles. The molecule has 5 heteroatoms. The lowest BCUT2D eigenvalue weighted by Gasteiger charge is -2.22. The number of nitrogens with zero attached hydrogens (tertiary/aromatic N) is 2. The summed E-state index contributed by atoms with van der Waals surface area (Å²) >= 11 is 0. The van der Waals surface area contributed by atoms with Crippen LogP contribution in [0.4, 0.5) is 0 Å². The summed E-state index contributed by atoms with van der Waals surface area (Å²) in [6, 6.07) is 9.18. The topological polar surface area (TPSA) is 67.3 Å². The molecule has 24 heavy (non-hydrogen) atoms. The highest BCUT2D eigenvalue weighted by Gasteiger charge is 2.12. The van der Waals surface area contributed by atoms with E-state index in [9.17, 15) is 5.11 Å². The van der Waals surface area contributed by atoms with E-state index in [1.807, 2.05) is 24.3 Å². The van der Waals surface area contributed by atoms with Gasteiger partial charge in [0.1, 0.15) is 18.5 Å². The van der Waals surface area contributed by atoms with Gasteiger partial charge in [-0.05, 0) is 51.0 Å². The van der Waals surface area contributed by atoms with Gasteiger partial charge in [0.15, 0.2) is 0 Å². The Morgan fingerprint density at radius 3 is 2.62 bits per heavy atom. The van der Waals surface area contributed by atoms with Crippen molar-refractivity contribution >= 4 is 0 Å². The lowest BCUT2D eigenvalue weighted by Crippen LogP contribution is -2.42. The van der Waals surface area contributed by atoms with Crippen LogP contribution >= 0.6 is 0 Å². The maximum atomic E-state index is 9.96. The van der Waals surface area contributed by atoms with Crippen LogP contribution in [0.2, 0.25) is 0 Å². The number of aliphatic hydroxyl groups excluding tert-OH is 1. The Hall–Kier alpha value is -2.42. The molecule has 5 nitrogen and oxygen atoms in total. The molecule has 0 saturated heterocycles. The van der Waals surface area contributed by atoms with E-state index in [-0.39, 0.29) is 12.1 Å². The van der Waals surface area contributed by atoms with Crippen LogP contribution in [0.1, 0.15) is 32.2 Å². The fraction of sp³-hybridized carbons (Fsp3) is 0.368. The Kier molecular flexibility index (Phi) is 6.30. The molecule has 0 aliphatic heterocycles. The van der Waals surface area contributed by atoms with Crippen molar-refractivity contribution in [3.05, 3.63) is 54.1 Å². The molecule has 0 fully saturated rings. The molecule has 0 aliphatic carbocycles. The fourth-order valence-electron chi connectivity index (χ4n) is 1.83. The summed E-state index contributed by atoms with van der Waals surface area (Å²) in [5, 5.41) is 13.2. The molecule has 1 aromatic heterocycles. The summed E-state index contributed by atoms with van der Waals surface area (Å²) in [5.41, 5.74) is 0.776. The van der Waals surface area contributed by atoms with Crippen molar-refractivity contribution in [1.29, 1.82) is 0 Å². The highest BCUT2D eigenvalue weighted by Crippen LogP contribution is 2.13. The number of rotatable bonds is 5. The number of benzene rings is 1. The van der Waals surface area contributed by atoms with E-state index in [1.165, 1.54) is 0 Å². The molecule has 1 unspecified atom stereocenters. The molecule has 0 aliphatic rings. The molecule has 1 aromatic carbocycles. The standard InChI is InChI=1S/C19H23N3O2/c1-19(2,3)22-13-16(23)14-24-17-7-4-6-15(12-17)8-9-18-20-10-5-11-21-18/h4-7,10-12,16,22-23H,13-14H2,1-3H3. The second-order valence-electron chi connectivity index (χ2n) is 6.45. The third kappa shape index (κ3) is 6.78. The number of β-amino-alcohol motifs (C(OH)–C–C–N with tert-alkyl or cyclic N) is 1. The van der Waals surface area contributed by atoms with Gasteiger partial charge in [-0.1, -0.05) is 12.0 Å². The number of hydrogen-bond acceptors (Lipinski definition) is 5. The van der Waals surface area contributed by atoms with Gasteiger partial charge in [0.2, 0.25) is 5.82 Å². The second kappa shape index (κ2) is 8.44. The summed E-state index contributed by atoms with van der Waals surface area (Å²) in [5.74, 6) is 7.06. The van der Waals surface area contributed by atoms with Crippen LogP contribution in [0.3, 0.4) is 0 Å². The lowest BCUT2D eigenvalue weighted by atomic mass is 10.1. The van der Waals surface area contributed by atoms with Gasteiger partial charge in [-0.2, -0.15) is 0 Å². The SMILES string of the molecule is CC(C)(C)NCC(O)COc1cccc(C#Cc2ncccn2)c1. The molecule has 0 spiro atoms. The quantitative estimate of drug-likeness (QED) is 0.823. The van der Waals surface area contributed by atoms with Gasteiger partial charge in [-0.15, -0.1) is 0 Å². The van der Waals surface area contributed by atoms with E-state index in [0.29, 0.717) is 18.1 Å². The van der Waals surface area contributed by atoms with Crippen molar-refractivity contribution in [1.82, 2.24) is 15.3 Å². The first-order valence-corrected chi connectivity index (χ1v) is 7.87. The Balaban J connectivity index is 1.90. The van der Waals surface area contributed by atoms with Crippen LogP contribution in [-0.4, -0.2) is 39.9 Å². The van der Waals surface area contributed by atoms with Gasteiger partial charge in [0, 0.05) is 30.0 Å². The van der Waals surface area contributed by atoms with Gasteiger partial charge in [0.05, 0.1) is 0 Å². The van der Waals surface area contributed by atoms with Gasteiger partial charge in [-0.25, -0.2) is 9.97 Å². The highest BCUT2D eigenvalue weighted by molar-refractivity contribution is 5.42. The average molecular weight is 325 g/mol. The first-order valence-electron chi connectivity index (χ1n) is 7.87. The molecule has 2 aromatic rings. The number of aliphatic hydroxyl groups is 1. The van der Waals surface area contributed by atoms with Crippen molar-refractivity contribution in [2.24, 2.45) is 0 Å². The highest BCUT2D eigenvalue weighted by atomic mass is 16.5. The third-order valence-electron chi connectivity index (χ3n) is 3.03. The molecule has 0 amide bonds. The largest absolute Gasteiger partial charge is 0.491 e. The normalized spacial score (nSPS) is 12.2. The smallest absolute Gasteiger partial charge is 0.205 e. The van der Waals surface area contributed by atoms with E-state index >= 15 is 0 Å². The van der Waals surface area contributed by atoms with E-state index < -0.39 is 6.10 Å². The van der Waals surface area contributed by atoms with Crippen molar-refractivity contribution in [3.8, 4) is 17.6 Å². The van der Waals surface area contributed by atoms with Crippen LogP contribution in [0.5, 0.6) is 5.75 Å². The summed E-state index contributed by atoms with van der Waals surface area (Å²) in [4.78, 5) is 8.12. The molecule has 126 valence electrons. The predicted molar refractivity (Wildman–Crippen MR) is 93.7 cm³/mol. The maximum Gasteiger partial charge on any atom is 0.205 e. The van der Waals surface area contributed by atoms with Crippen molar-refractivity contribution in [3.63, 3.8) is 0 Å². The summed E-state index contributed by atoms with van der Waals surface area (Å²) in [6.45, 7) is 6.87. The van der Waals surface area contributed by atoms with Gasteiger partial charge in [-0.3, -0.25) is 0 Å². The molecule has 2 N–H and O–H groups in total. The summed E-state index contributed by atoms with van der Waals surface area (Å²) < 4.78 is 5.64. The minimum absolute atomic E-state index is 0.0318. The van der Waals surface area contributed by atoms with Gasteiger partial charge in [0.25, 0.3) is 0 Å². The van der Waals surface area contributed by atoms with Crippen molar-refractivity contribution in [2.45, 2.75) is 32.4 Å². The Morgan fingerprint density at radius 1 is 1.17 bits per heavy atom. The third-order valence-corrected chi connectivity index (χ3v) is 3.03. The molecule has 1 atom stereocenters. The van der Waals surface area contributed by atoms with Crippen LogP contribution < -0.4 is 10.1 Å². The lowest BCUT2D eigenvalue weighted by molar-refractivity contribution is 0.100. The minimum Gasteiger partial charge on any atom is -0.491 e. The Labute approximate surface area is 143 Å². The molecule has 2 rings (SSSR count). The summed E-state index contributed by atoms with van der Waals surface area (Å²) in [6.07, 6.45) is 2.74. The number of ether oxygens (including phenoxy) is 1. The predicted octanol–water partition coefficient (Wildman–Crippen LogP) is 2.00. The molecular weight excluding hydrogens is 302 g/mol. The van der Waals surface area contributed by atoms with Crippen LogP contribution in [0.25, 0.3) is 0 Å². The molecule has 0 radical (unpaired) electrons. The van der Waals surface area contributed by atoms with E-state index in [0.717, 1.165) is 5.56 Å². The first-order chi connectivity index (χ1) is 11.4. The zero-order valence-corrected chi connectivity index (χ0v) is 14.3. The van der Waals surface area contributed by atoms with E-state index in [4.69, 9.17) is 4.74 Å². The number of aromatic nitrogens is 2. The Morgan fingerprint density at radius 2 is 1.92 bits per heavy atom. The average Bonchev–Trinajstić information content (AvgIpc) is 2.57. The van der Waals surface area contributed by atoms with Crippen molar-refractivity contribution < 1.29 is 9.84 Å². The van der Waals surface area contributed by atoms with E-state index in [2.05, 4.69) is 47.9 Å². The van der Waals surface area contributed by atoms with Crippen LogP contribution in [0, 0.1) is 11.8 Å². The second-order valence-corrected chi connectivity index (χ2v) is 6.45. The zero-order valence-electron chi connectivity index (χ0n) is 14.3. The van der Waals surface area contributed by atoms with E-state index in [1.54, 1.807) is 18.5 Å². The maximum absolute atomic E-state index is 9.96. The van der Waals surface area contributed by atoms with Gasteiger partial charge >= 0.3 is 0 Å². The first kappa shape index (κ1) is 17.9. The summed E-state index contributed by atoms with van der Waals surface area (Å²) in [7, 11) is 0. The molecule has 0 saturated carbocycles. The van der Waals surface area contributed by atoms with Crippen LogP contribution in [-0.2, 0) is 0 Å². The monoisotopic (exact) mass is 325 g/mol. The van der Waals surface area contributed by atoms with Crippen molar-refractivity contribution in [2.75, 3.05) is 13.2 Å². The zero-order chi connectivity index (χ0) is 17.4. The number of hydrogen-bond donors (Lipinski definition) is 2.